The molecule has 3 heteroatoms. The minimum absolute atomic E-state index is 0.310. The molecule has 1 rings (SSSR count). The molecule has 1 aromatic rings. The minimum Gasteiger partial charge on any atom is -0.377 e. The highest BCUT2D eigenvalue weighted by Gasteiger charge is 2.12. The van der Waals surface area contributed by atoms with E-state index in [-0.39, 0.29) is 0 Å². The molecule has 0 aliphatic heterocycles. The quantitative estimate of drug-likeness (QED) is 0.752. The van der Waals surface area contributed by atoms with Gasteiger partial charge in [0.15, 0.2) is 0 Å². The van der Waals surface area contributed by atoms with Crippen LogP contribution in [-0.4, -0.2) is 44.8 Å². The summed E-state index contributed by atoms with van der Waals surface area (Å²) in [6.45, 7) is 9.08. The third-order valence-corrected chi connectivity index (χ3v) is 3.56. The fraction of sp³-hybridized carbons (Fsp3) is 0.647. The fourth-order valence-corrected chi connectivity index (χ4v) is 2.20. The molecule has 0 aromatic heterocycles. The van der Waals surface area contributed by atoms with Gasteiger partial charge in [0.2, 0.25) is 0 Å². The first-order valence-electron chi connectivity index (χ1n) is 7.63. The van der Waals surface area contributed by atoms with Gasteiger partial charge in [-0.1, -0.05) is 31.2 Å². The molecule has 0 spiro atoms. The zero-order chi connectivity index (χ0) is 15.0. The monoisotopic (exact) mass is 278 g/mol. The van der Waals surface area contributed by atoms with Crippen molar-refractivity contribution >= 4 is 0 Å². The first-order chi connectivity index (χ1) is 9.56. The van der Waals surface area contributed by atoms with Gasteiger partial charge in [-0.05, 0) is 45.5 Å². The largest absolute Gasteiger partial charge is 0.377 e. The van der Waals surface area contributed by atoms with Crippen LogP contribution in [0.25, 0.3) is 0 Å². The molecule has 1 aromatic carbocycles. The molecule has 1 atom stereocenters. The highest BCUT2D eigenvalue weighted by atomic mass is 16.5. The lowest BCUT2D eigenvalue weighted by atomic mass is 10.0. The number of hydrogen-bond donors (Lipinski definition) is 1. The van der Waals surface area contributed by atoms with Crippen LogP contribution in [0.1, 0.15) is 37.9 Å². The molecule has 1 unspecified atom stereocenters. The summed E-state index contributed by atoms with van der Waals surface area (Å²) in [6, 6.07) is 9.28. The standard InChI is InChI=1S/C17H30N2O/c1-6-15-7-9-16(10-8-15)17(18-4)13-19(5)11-12-20-14(2)3/h7-10,14,17-18H,6,11-13H2,1-5H3. The summed E-state index contributed by atoms with van der Waals surface area (Å²) in [5.74, 6) is 0. The van der Waals surface area contributed by atoms with Crippen molar-refractivity contribution in [3.05, 3.63) is 35.4 Å². The molecule has 114 valence electrons. The van der Waals surface area contributed by atoms with Crippen molar-refractivity contribution in [2.24, 2.45) is 0 Å². The van der Waals surface area contributed by atoms with Crippen LogP contribution in [0.15, 0.2) is 24.3 Å². The topological polar surface area (TPSA) is 24.5 Å². The van der Waals surface area contributed by atoms with E-state index in [1.165, 1.54) is 11.1 Å². The number of likely N-dealkylation sites (N-methyl/N-ethyl adjacent to an activating group) is 2. The van der Waals surface area contributed by atoms with E-state index in [4.69, 9.17) is 4.74 Å². The Morgan fingerprint density at radius 2 is 1.85 bits per heavy atom. The normalized spacial score (nSPS) is 13.2. The molecule has 0 aliphatic carbocycles. The second-order valence-corrected chi connectivity index (χ2v) is 5.62. The average molecular weight is 278 g/mol. The van der Waals surface area contributed by atoms with Crippen molar-refractivity contribution in [3.63, 3.8) is 0 Å². The fourth-order valence-electron chi connectivity index (χ4n) is 2.20. The number of ether oxygens (including phenoxy) is 1. The molecule has 0 saturated heterocycles. The van der Waals surface area contributed by atoms with Crippen LogP contribution in [0.3, 0.4) is 0 Å². The summed E-state index contributed by atoms with van der Waals surface area (Å²) in [6.07, 6.45) is 1.40. The molecule has 0 fully saturated rings. The number of hydrogen-bond acceptors (Lipinski definition) is 3. The van der Waals surface area contributed by atoms with Crippen LogP contribution in [-0.2, 0) is 11.2 Å². The van der Waals surface area contributed by atoms with Gasteiger partial charge in [0.1, 0.15) is 0 Å². The van der Waals surface area contributed by atoms with Crippen molar-refractivity contribution in [1.82, 2.24) is 10.2 Å². The van der Waals surface area contributed by atoms with Gasteiger partial charge in [-0.2, -0.15) is 0 Å². The van der Waals surface area contributed by atoms with Crippen LogP contribution in [0.2, 0.25) is 0 Å². The van der Waals surface area contributed by atoms with E-state index in [1.54, 1.807) is 0 Å². The predicted molar refractivity (Wildman–Crippen MR) is 86.2 cm³/mol. The summed E-state index contributed by atoms with van der Waals surface area (Å²) < 4.78 is 5.60. The van der Waals surface area contributed by atoms with Crippen molar-refractivity contribution in [2.45, 2.75) is 39.3 Å². The first kappa shape index (κ1) is 17.2. The number of nitrogens with one attached hydrogen (secondary N) is 1. The molecule has 1 N–H and O–H groups in total. The summed E-state index contributed by atoms with van der Waals surface area (Å²) in [5, 5.41) is 3.40. The van der Waals surface area contributed by atoms with Gasteiger partial charge < -0.3 is 15.0 Å². The van der Waals surface area contributed by atoms with Gasteiger partial charge in [-0.15, -0.1) is 0 Å². The zero-order valence-corrected chi connectivity index (χ0v) is 13.6. The highest BCUT2D eigenvalue weighted by molar-refractivity contribution is 5.25. The Balaban J connectivity index is 2.48. The van der Waals surface area contributed by atoms with E-state index in [2.05, 4.69) is 62.3 Å². The van der Waals surface area contributed by atoms with Crippen molar-refractivity contribution < 1.29 is 4.74 Å². The Kier molecular flexibility index (Phi) is 7.82. The van der Waals surface area contributed by atoms with Gasteiger partial charge in [0.05, 0.1) is 12.7 Å². The van der Waals surface area contributed by atoms with E-state index in [0.29, 0.717) is 12.1 Å². The van der Waals surface area contributed by atoms with Crippen LogP contribution in [0.4, 0.5) is 0 Å². The van der Waals surface area contributed by atoms with Gasteiger partial charge >= 0.3 is 0 Å². The second-order valence-electron chi connectivity index (χ2n) is 5.62. The van der Waals surface area contributed by atoms with Gasteiger partial charge in [-0.3, -0.25) is 0 Å². The van der Waals surface area contributed by atoms with E-state index < -0.39 is 0 Å². The summed E-state index contributed by atoms with van der Waals surface area (Å²) in [7, 11) is 4.17. The Bertz CT molecular complexity index is 362. The molecular weight excluding hydrogens is 248 g/mol. The van der Waals surface area contributed by atoms with E-state index in [1.807, 2.05) is 7.05 Å². The third kappa shape index (κ3) is 6.04. The van der Waals surface area contributed by atoms with Gasteiger partial charge in [-0.25, -0.2) is 0 Å². The first-order valence-corrected chi connectivity index (χ1v) is 7.63. The van der Waals surface area contributed by atoms with E-state index in [0.717, 1.165) is 26.1 Å². The van der Waals surface area contributed by atoms with Gasteiger partial charge in [0.25, 0.3) is 0 Å². The third-order valence-electron chi connectivity index (χ3n) is 3.56. The number of nitrogens with zero attached hydrogens (tertiary/aromatic N) is 1. The molecular formula is C17H30N2O. The molecule has 3 nitrogen and oxygen atoms in total. The second kappa shape index (κ2) is 9.11. The van der Waals surface area contributed by atoms with Crippen LogP contribution >= 0.6 is 0 Å². The van der Waals surface area contributed by atoms with Crippen LogP contribution in [0.5, 0.6) is 0 Å². The van der Waals surface area contributed by atoms with Crippen molar-refractivity contribution in [1.29, 1.82) is 0 Å². The summed E-state index contributed by atoms with van der Waals surface area (Å²) in [4.78, 5) is 2.32. The lowest BCUT2D eigenvalue weighted by Crippen LogP contribution is -2.33. The smallest absolute Gasteiger partial charge is 0.0596 e. The van der Waals surface area contributed by atoms with Gasteiger partial charge in [0, 0.05) is 19.1 Å². The Morgan fingerprint density at radius 3 is 2.35 bits per heavy atom. The number of aryl methyl sites for hydroxylation is 1. The lowest BCUT2D eigenvalue weighted by Gasteiger charge is -2.24. The SMILES string of the molecule is CCc1ccc(C(CN(C)CCOC(C)C)NC)cc1. The zero-order valence-electron chi connectivity index (χ0n) is 13.6. The van der Waals surface area contributed by atoms with Crippen LogP contribution < -0.4 is 5.32 Å². The number of rotatable bonds is 9. The van der Waals surface area contributed by atoms with E-state index >= 15 is 0 Å². The number of benzene rings is 1. The van der Waals surface area contributed by atoms with Crippen molar-refractivity contribution in [2.75, 3.05) is 33.8 Å². The summed E-state index contributed by atoms with van der Waals surface area (Å²) in [5.41, 5.74) is 2.74. The molecule has 20 heavy (non-hydrogen) atoms. The highest BCUT2D eigenvalue weighted by Crippen LogP contribution is 2.15. The van der Waals surface area contributed by atoms with E-state index in [9.17, 15) is 0 Å². The van der Waals surface area contributed by atoms with Crippen molar-refractivity contribution in [3.8, 4) is 0 Å². The maximum Gasteiger partial charge on any atom is 0.0596 e. The Morgan fingerprint density at radius 1 is 1.20 bits per heavy atom. The molecule has 0 heterocycles. The minimum atomic E-state index is 0.310. The molecule has 0 amide bonds. The average Bonchev–Trinajstić information content (AvgIpc) is 2.44. The maximum atomic E-state index is 5.60. The Labute approximate surface area is 124 Å². The predicted octanol–water partition coefficient (Wildman–Crippen LogP) is 2.87. The molecule has 0 aliphatic rings. The summed E-state index contributed by atoms with van der Waals surface area (Å²) >= 11 is 0. The van der Waals surface area contributed by atoms with Crippen LogP contribution in [0, 0.1) is 0 Å². The lowest BCUT2D eigenvalue weighted by molar-refractivity contribution is 0.0624. The Hall–Kier alpha value is -0.900. The molecule has 0 saturated carbocycles. The molecule has 0 bridgehead atoms. The maximum absolute atomic E-state index is 5.60. The molecule has 0 radical (unpaired) electrons.